The van der Waals surface area contributed by atoms with Crippen LogP contribution in [0, 0.1) is 56.7 Å². The van der Waals surface area contributed by atoms with Crippen molar-refractivity contribution in [2.24, 2.45) is 56.7 Å². The Kier molecular flexibility index (Phi) is 4.78. The first-order valence-electron chi connectivity index (χ1n) is 14.4. The Labute approximate surface area is 212 Å². The van der Waals surface area contributed by atoms with E-state index in [1.54, 1.807) is 0 Å². The van der Waals surface area contributed by atoms with Gasteiger partial charge in [-0.1, -0.05) is 54.5 Å². The summed E-state index contributed by atoms with van der Waals surface area (Å²) in [6, 6.07) is 0. The number of carbonyl (C=O) groups is 2. The zero-order valence-electron chi connectivity index (χ0n) is 23.0. The Hall–Kier alpha value is -1.32. The maximum absolute atomic E-state index is 13.7. The third-order valence-electron chi connectivity index (χ3n) is 14.0. The van der Waals surface area contributed by atoms with E-state index in [1.165, 1.54) is 0 Å². The molecular weight excluding hydrogens is 436 g/mol. The van der Waals surface area contributed by atoms with E-state index in [4.69, 9.17) is 9.47 Å². The second-order valence-electron chi connectivity index (χ2n) is 15.0. The highest BCUT2D eigenvalue weighted by Gasteiger charge is 2.80. The van der Waals surface area contributed by atoms with E-state index in [2.05, 4.69) is 60.6 Å². The van der Waals surface area contributed by atoms with Gasteiger partial charge in [0.2, 0.25) is 0 Å². The van der Waals surface area contributed by atoms with E-state index in [0.29, 0.717) is 30.1 Å². The van der Waals surface area contributed by atoms with Gasteiger partial charge in [-0.15, -0.1) is 0 Å². The van der Waals surface area contributed by atoms with Crippen LogP contribution < -0.4 is 0 Å². The highest BCUT2D eigenvalue weighted by atomic mass is 16.6. The summed E-state index contributed by atoms with van der Waals surface area (Å²) in [6.07, 6.45) is 13.4. The lowest BCUT2D eigenvalue weighted by atomic mass is 9.32. The van der Waals surface area contributed by atoms with E-state index in [0.717, 1.165) is 51.4 Å². The predicted octanol–water partition coefficient (Wildman–Crippen LogP) is 6.72. The van der Waals surface area contributed by atoms with Crippen molar-refractivity contribution in [3.8, 4) is 0 Å². The number of fused-ring (bicyclic) bond motifs is 4. The summed E-state index contributed by atoms with van der Waals surface area (Å²) in [4.78, 5) is 25.0. The fourth-order valence-corrected chi connectivity index (χ4v) is 11.7. The highest BCUT2D eigenvalue weighted by Crippen LogP contribution is 2.79. The summed E-state index contributed by atoms with van der Waals surface area (Å²) in [7, 11) is 0. The van der Waals surface area contributed by atoms with E-state index in [-0.39, 0.29) is 45.1 Å². The number of hydrogen-bond donors (Lipinski definition) is 0. The van der Waals surface area contributed by atoms with Crippen molar-refractivity contribution in [2.75, 3.05) is 0 Å². The molecule has 35 heavy (non-hydrogen) atoms. The molecule has 4 heteroatoms. The summed E-state index contributed by atoms with van der Waals surface area (Å²) in [5.41, 5.74) is -0.653. The summed E-state index contributed by atoms with van der Waals surface area (Å²) in [6.45, 7) is 17.6. The third kappa shape index (κ3) is 2.47. The van der Waals surface area contributed by atoms with Crippen LogP contribution in [0.2, 0.25) is 0 Å². The van der Waals surface area contributed by atoms with Crippen LogP contribution in [0.4, 0.5) is 0 Å². The molecule has 0 amide bonds. The van der Waals surface area contributed by atoms with Crippen molar-refractivity contribution < 1.29 is 19.1 Å². The van der Waals surface area contributed by atoms with Crippen LogP contribution in [0.15, 0.2) is 12.2 Å². The van der Waals surface area contributed by atoms with Gasteiger partial charge < -0.3 is 9.47 Å². The minimum atomic E-state index is -0.474. The molecule has 0 radical (unpaired) electrons. The fourth-order valence-electron chi connectivity index (χ4n) is 11.7. The molecule has 0 N–H and O–H groups in total. The number of esters is 1. The number of hydrogen-bond acceptors (Lipinski definition) is 4. The van der Waals surface area contributed by atoms with Crippen LogP contribution in [-0.4, -0.2) is 24.1 Å². The molecule has 1 spiro atoms. The first kappa shape index (κ1) is 24.0. The molecular formula is C31H46O4. The van der Waals surface area contributed by atoms with Crippen LogP contribution in [-0.2, 0) is 19.1 Å². The number of allylic oxidation sites excluding steroid dienone is 1. The van der Waals surface area contributed by atoms with E-state index in [1.807, 2.05) is 0 Å². The van der Waals surface area contributed by atoms with Gasteiger partial charge in [0.15, 0.2) is 0 Å². The van der Waals surface area contributed by atoms with Crippen LogP contribution in [0.5, 0.6) is 0 Å². The molecule has 4 unspecified atom stereocenters. The van der Waals surface area contributed by atoms with Gasteiger partial charge in [0.25, 0.3) is 6.47 Å². The van der Waals surface area contributed by atoms with E-state index < -0.39 is 5.60 Å². The number of ether oxygens (including phenoxy) is 2. The van der Waals surface area contributed by atoms with Crippen LogP contribution in [0.1, 0.15) is 99.8 Å². The molecule has 4 nitrogen and oxygen atoms in total. The van der Waals surface area contributed by atoms with Crippen LogP contribution in [0.3, 0.4) is 0 Å². The van der Waals surface area contributed by atoms with Crippen molar-refractivity contribution >= 4 is 12.4 Å². The molecule has 2 bridgehead atoms. The summed E-state index contributed by atoms with van der Waals surface area (Å²) < 4.78 is 12.4. The molecule has 194 valence electrons. The topological polar surface area (TPSA) is 52.6 Å². The molecule has 4 saturated carbocycles. The standard InChI is InChI=1S/C31H46O4/c1-19-8-14-30-17-16-29(7)28(6)13-9-21-26(3,4)23(34-18-32)11-12-27(21,5)22(28)10-15-31(29,35-25(30)33)24(30)20(19)2/h10,15,18-24H,8-9,11-14,16-17H2,1-7H3/t19-,20?,21+,22?,23?,24?,27+,28-,29+,30+,31+/m1/s1. The highest BCUT2D eigenvalue weighted by molar-refractivity contribution is 5.82. The average Bonchev–Trinajstić information content (AvgIpc) is 2.99. The molecule has 6 aliphatic rings. The summed E-state index contributed by atoms with van der Waals surface area (Å²) in [5.74, 6) is 2.44. The largest absolute Gasteiger partial charge is 0.464 e. The van der Waals surface area contributed by atoms with Gasteiger partial charge in [-0.3, -0.25) is 9.59 Å². The maximum Gasteiger partial charge on any atom is 0.313 e. The lowest BCUT2D eigenvalue weighted by molar-refractivity contribution is -0.246. The van der Waals surface area contributed by atoms with Gasteiger partial charge in [-0.2, -0.15) is 0 Å². The van der Waals surface area contributed by atoms with Crippen molar-refractivity contribution in [1.29, 1.82) is 0 Å². The minimum absolute atomic E-state index is 0.00686. The second kappa shape index (κ2) is 6.95. The van der Waals surface area contributed by atoms with Crippen molar-refractivity contribution in [3.63, 3.8) is 0 Å². The quantitative estimate of drug-likeness (QED) is 0.249. The van der Waals surface area contributed by atoms with Crippen LogP contribution >= 0.6 is 0 Å². The first-order valence-corrected chi connectivity index (χ1v) is 14.4. The Morgan fingerprint density at radius 1 is 0.971 bits per heavy atom. The molecule has 6 rings (SSSR count). The van der Waals surface area contributed by atoms with Gasteiger partial charge in [0.05, 0.1) is 5.41 Å². The lowest BCUT2D eigenvalue weighted by Gasteiger charge is -2.72. The molecule has 0 aromatic rings. The number of rotatable bonds is 2. The normalized spacial score (nSPS) is 57.7. The Balaban J connectivity index is 1.48. The second-order valence-corrected chi connectivity index (χ2v) is 15.0. The van der Waals surface area contributed by atoms with Gasteiger partial charge in [0.1, 0.15) is 11.7 Å². The van der Waals surface area contributed by atoms with Crippen molar-refractivity contribution in [2.45, 2.75) is 112 Å². The molecule has 1 aliphatic heterocycles. The molecule has 11 atom stereocenters. The molecule has 0 aromatic heterocycles. The predicted molar refractivity (Wildman–Crippen MR) is 135 cm³/mol. The Bertz CT molecular complexity index is 984. The minimum Gasteiger partial charge on any atom is -0.464 e. The SMILES string of the molecule is CC1C2[C@]3(CC[C@H]1C)CC[C@]1(C)[C@@]2(C=CC2[C@@]4(C)CCC(OC=O)C(C)(C)[C@@H]4CC[C@]21C)OC3=O. The van der Waals surface area contributed by atoms with Gasteiger partial charge in [0, 0.05) is 16.7 Å². The van der Waals surface area contributed by atoms with Gasteiger partial charge >= 0.3 is 5.97 Å². The molecule has 1 heterocycles. The summed E-state index contributed by atoms with van der Waals surface area (Å²) in [5, 5.41) is 0. The van der Waals surface area contributed by atoms with Crippen LogP contribution in [0.25, 0.3) is 0 Å². The Morgan fingerprint density at radius 2 is 1.71 bits per heavy atom. The lowest BCUT2D eigenvalue weighted by Crippen LogP contribution is -2.71. The summed E-state index contributed by atoms with van der Waals surface area (Å²) >= 11 is 0. The van der Waals surface area contributed by atoms with E-state index in [9.17, 15) is 9.59 Å². The molecule has 1 saturated heterocycles. The smallest absolute Gasteiger partial charge is 0.313 e. The van der Waals surface area contributed by atoms with E-state index >= 15 is 0 Å². The monoisotopic (exact) mass is 482 g/mol. The molecule has 5 aliphatic carbocycles. The fraction of sp³-hybridized carbons (Fsp3) is 0.871. The maximum atomic E-state index is 13.7. The average molecular weight is 483 g/mol. The van der Waals surface area contributed by atoms with Crippen molar-refractivity contribution in [1.82, 2.24) is 0 Å². The van der Waals surface area contributed by atoms with Gasteiger partial charge in [-0.25, -0.2) is 0 Å². The Morgan fingerprint density at radius 3 is 2.43 bits per heavy atom. The number of carbonyl (C=O) groups excluding carboxylic acids is 2. The zero-order valence-corrected chi connectivity index (χ0v) is 23.0. The third-order valence-corrected chi connectivity index (χ3v) is 14.0. The van der Waals surface area contributed by atoms with Crippen molar-refractivity contribution in [3.05, 3.63) is 12.2 Å². The zero-order chi connectivity index (χ0) is 25.2. The van der Waals surface area contributed by atoms with Gasteiger partial charge in [-0.05, 0) is 91.9 Å². The molecule has 0 aromatic carbocycles. The molecule has 5 fully saturated rings. The first-order chi connectivity index (χ1) is 16.3.